The van der Waals surface area contributed by atoms with Gasteiger partial charge in [-0.25, -0.2) is 4.98 Å². The van der Waals surface area contributed by atoms with Gasteiger partial charge in [-0.3, -0.25) is 24.2 Å². The van der Waals surface area contributed by atoms with E-state index in [1.54, 1.807) is 0 Å². The van der Waals surface area contributed by atoms with Crippen molar-refractivity contribution in [2.75, 3.05) is 13.1 Å². The first-order valence-electron chi connectivity index (χ1n) is 9.48. The number of hydrogen-bond acceptors (Lipinski definition) is 7. The summed E-state index contributed by atoms with van der Waals surface area (Å²) in [5.41, 5.74) is 16.9. The first-order chi connectivity index (χ1) is 14.6. The number of hydrogen-bond donors (Lipinski definition) is 8. The molecule has 1 heterocycles. The zero-order chi connectivity index (χ0) is 23.4. The molecule has 0 aliphatic carbocycles. The number of nitrogens with zero attached hydrogens (tertiary/aromatic N) is 2. The summed E-state index contributed by atoms with van der Waals surface area (Å²) in [6.45, 7) is 1.09. The van der Waals surface area contributed by atoms with Crippen molar-refractivity contribution in [2.24, 2.45) is 22.2 Å². The van der Waals surface area contributed by atoms with Crippen LogP contribution >= 0.6 is 0 Å². The molecule has 3 amide bonds. The van der Waals surface area contributed by atoms with Crippen LogP contribution in [0.4, 0.5) is 0 Å². The molecule has 3 atom stereocenters. The number of aromatic nitrogens is 2. The second kappa shape index (κ2) is 12.8. The monoisotopic (exact) mass is 439 g/mol. The molecule has 0 aliphatic heterocycles. The fourth-order valence-electron chi connectivity index (χ4n) is 2.42. The lowest BCUT2D eigenvalue weighted by atomic mass is 10.1. The number of nitrogens with one attached hydrogen (secondary N) is 4. The van der Waals surface area contributed by atoms with Crippen LogP contribution in [-0.2, 0) is 25.6 Å². The average Bonchev–Trinajstić information content (AvgIpc) is 3.20. The lowest BCUT2D eigenvalue weighted by Gasteiger charge is -2.20. The summed E-state index contributed by atoms with van der Waals surface area (Å²) in [7, 11) is 0. The van der Waals surface area contributed by atoms with Gasteiger partial charge in [0.1, 0.15) is 12.1 Å². The quantitative estimate of drug-likeness (QED) is 0.0862. The summed E-state index contributed by atoms with van der Waals surface area (Å²) in [5, 5.41) is 16.1. The normalized spacial score (nSPS) is 13.4. The Bertz CT molecular complexity index is 777. The first-order valence-corrected chi connectivity index (χ1v) is 9.48. The molecule has 14 nitrogen and oxygen atoms in total. The summed E-state index contributed by atoms with van der Waals surface area (Å²) in [6, 6.07) is -3.09. The highest BCUT2D eigenvalue weighted by molar-refractivity contribution is 5.92. The minimum absolute atomic E-state index is 0.112. The van der Waals surface area contributed by atoms with Gasteiger partial charge in [-0.2, -0.15) is 0 Å². The largest absolute Gasteiger partial charge is 0.480 e. The third kappa shape index (κ3) is 10.1. The molecule has 3 unspecified atom stereocenters. The number of aliphatic imine (C=N–C) groups is 1. The molecular weight excluding hydrogens is 410 g/mol. The van der Waals surface area contributed by atoms with Crippen LogP contribution in [0.15, 0.2) is 17.5 Å². The van der Waals surface area contributed by atoms with E-state index in [9.17, 15) is 19.2 Å². The van der Waals surface area contributed by atoms with Gasteiger partial charge in [-0.15, -0.1) is 0 Å². The van der Waals surface area contributed by atoms with E-state index in [-0.39, 0.29) is 25.3 Å². The number of carboxylic acids is 1. The fourth-order valence-corrected chi connectivity index (χ4v) is 2.42. The van der Waals surface area contributed by atoms with Crippen LogP contribution < -0.4 is 33.2 Å². The van der Waals surface area contributed by atoms with Gasteiger partial charge in [0, 0.05) is 24.9 Å². The number of aromatic amines is 1. The summed E-state index contributed by atoms with van der Waals surface area (Å²) in [6.07, 6.45) is 3.68. The zero-order valence-electron chi connectivity index (χ0n) is 17.1. The van der Waals surface area contributed by atoms with E-state index in [1.165, 1.54) is 19.4 Å². The van der Waals surface area contributed by atoms with Gasteiger partial charge in [0.15, 0.2) is 5.96 Å². The summed E-state index contributed by atoms with van der Waals surface area (Å²) in [5.74, 6) is -3.23. The van der Waals surface area contributed by atoms with Crippen molar-refractivity contribution in [2.45, 2.75) is 44.3 Å². The number of carboxylic acid groups (broad SMARTS) is 1. The molecule has 0 fully saturated rings. The van der Waals surface area contributed by atoms with Gasteiger partial charge in [0.25, 0.3) is 0 Å². The first kappa shape index (κ1) is 25.4. The summed E-state index contributed by atoms with van der Waals surface area (Å²) < 4.78 is 0. The van der Waals surface area contributed by atoms with Crippen LogP contribution in [0.2, 0.25) is 0 Å². The topological polar surface area (TPSA) is 244 Å². The lowest BCUT2D eigenvalue weighted by molar-refractivity contribution is -0.141. The summed E-state index contributed by atoms with van der Waals surface area (Å²) >= 11 is 0. The van der Waals surface area contributed by atoms with Gasteiger partial charge in [-0.05, 0) is 19.8 Å². The Kier molecular flexibility index (Phi) is 10.5. The van der Waals surface area contributed by atoms with Gasteiger partial charge in [0.05, 0.1) is 18.9 Å². The van der Waals surface area contributed by atoms with Crippen molar-refractivity contribution in [1.29, 1.82) is 0 Å². The molecule has 0 radical (unpaired) electrons. The smallest absolute Gasteiger partial charge is 0.325 e. The van der Waals surface area contributed by atoms with Crippen molar-refractivity contribution in [3.05, 3.63) is 18.2 Å². The Morgan fingerprint density at radius 2 is 1.94 bits per heavy atom. The molecule has 1 aromatic heterocycles. The number of carbonyl (C=O) groups excluding carboxylic acids is 3. The maximum Gasteiger partial charge on any atom is 0.325 e. The van der Waals surface area contributed by atoms with E-state index >= 15 is 0 Å². The molecule has 0 spiro atoms. The standard InChI is InChI=1S/C17H29N9O5/c1-9(16(30)31)25-15(29)12(3-2-4-22-17(19)20)26-13(27)7-23-14(28)11(18)5-10-6-21-8-24-10/h6,8-9,11-12H,2-5,7,18H2,1H3,(H,21,24)(H,23,28)(H,25,29)(H,26,27)(H,30,31)(H4,19,20,22). The van der Waals surface area contributed by atoms with Crippen LogP contribution in [0, 0.1) is 0 Å². The Labute approximate surface area is 178 Å². The van der Waals surface area contributed by atoms with Crippen molar-refractivity contribution in [1.82, 2.24) is 25.9 Å². The number of nitrogens with two attached hydrogens (primary N) is 3. The number of rotatable bonds is 13. The minimum atomic E-state index is -1.22. The van der Waals surface area contributed by atoms with Crippen molar-refractivity contribution < 1.29 is 24.3 Å². The number of H-pyrrole nitrogens is 1. The average molecular weight is 439 g/mol. The Morgan fingerprint density at radius 3 is 2.52 bits per heavy atom. The van der Waals surface area contributed by atoms with E-state index < -0.39 is 48.4 Å². The predicted octanol–water partition coefficient (Wildman–Crippen LogP) is -3.48. The van der Waals surface area contributed by atoms with Gasteiger partial charge in [-0.1, -0.05) is 0 Å². The molecule has 14 heteroatoms. The molecule has 0 bridgehead atoms. The number of amides is 3. The number of guanidine groups is 1. The van der Waals surface area contributed by atoms with Crippen LogP contribution in [0.25, 0.3) is 0 Å². The molecular formula is C17H29N9O5. The second-order valence-electron chi connectivity index (χ2n) is 6.74. The SMILES string of the molecule is CC(NC(=O)C(CCCN=C(N)N)NC(=O)CNC(=O)C(N)Cc1cnc[nH]1)C(=O)O. The molecule has 172 valence electrons. The molecule has 1 aromatic rings. The Morgan fingerprint density at radius 1 is 1.23 bits per heavy atom. The number of carbonyl (C=O) groups is 4. The van der Waals surface area contributed by atoms with Crippen molar-refractivity contribution >= 4 is 29.7 Å². The molecule has 11 N–H and O–H groups in total. The highest BCUT2D eigenvalue weighted by atomic mass is 16.4. The van der Waals surface area contributed by atoms with Gasteiger partial charge < -0.3 is 43.2 Å². The highest BCUT2D eigenvalue weighted by Gasteiger charge is 2.24. The maximum atomic E-state index is 12.4. The van der Waals surface area contributed by atoms with Gasteiger partial charge >= 0.3 is 5.97 Å². The third-order valence-electron chi connectivity index (χ3n) is 4.08. The Balaban J connectivity index is 2.59. The summed E-state index contributed by atoms with van der Waals surface area (Å²) in [4.78, 5) is 58.0. The van der Waals surface area contributed by atoms with Gasteiger partial charge in [0.2, 0.25) is 17.7 Å². The zero-order valence-corrected chi connectivity index (χ0v) is 17.1. The molecule has 0 aromatic carbocycles. The van der Waals surface area contributed by atoms with E-state index in [1.807, 2.05) is 0 Å². The molecule has 1 rings (SSSR count). The van der Waals surface area contributed by atoms with E-state index in [2.05, 4.69) is 30.9 Å². The Hall–Kier alpha value is -3.68. The lowest BCUT2D eigenvalue weighted by Crippen LogP contribution is -2.53. The van der Waals surface area contributed by atoms with Crippen molar-refractivity contribution in [3.8, 4) is 0 Å². The fraction of sp³-hybridized carbons (Fsp3) is 0.529. The second-order valence-corrected chi connectivity index (χ2v) is 6.74. The number of aliphatic carboxylic acids is 1. The molecule has 0 saturated carbocycles. The van der Waals surface area contributed by atoms with Crippen LogP contribution in [0.1, 0.15) is 25.5 Å². The van der Waals surface area contributed by atoms with Crippen LogP contribution in [0.3, 0.4) is 0 Å². The minimum Gasteiger partial charge on any atom is -0.480 e. The van der Waals surface area contributed by atoms with E-state index in [4.69, 9.17) is 22.3 Å². The number of imidazole rings is 1. The molecule has 0 saturated heterocycles. The predicted molar refractivity (Wildman–Crippen MR) is 110 cm³/mol. The van der Waals surface area contributed by atoms with E-state index in [0.717, 1.165) is 0 Å². The van der Waals surface area contributed by atoms with Crippen LogP contribution in [0.5, 0.6) is 0 Å². The van der Waals surface area contributed by atoms with Crippen LogP contribution in [-0.4, -0.2) is 75.9 Å². The highest BCUT2D eigenvalue weighted by Crippen LogP contribution is 2.00. The van der Waals surface area contributed by atoms with Crippen molar-refractivity contribution in [3.63, 3.8) is 0 Å². The van der Waals surface area contributed by atoms with E-state index in [0.29, 0.717) is 12.1 Å². The maximum absolute atomic E-state index is 12.4. The molecule has 31 heavy (non-hydrogen) atoms. The molecule has 0 aliphatic rings. The third-order valence-corrected chi connectivity index (χ3v) is 4.08.